The van der Waals surface area contributed by atoms with Crippen LogP contribution >= 0.6 is 15.9 Å². The molecule has 0 spiro atoms. The molecule has 0 aliphatic carbocycles. The predicted molar refractivity (Wildman–Crippen MR) is 110 cm³/mol. The molecule has 0 saturated carbocycles. The Morgan fingerprint density at radius 1 is 1.08 bits per heavy atom. The maximum absolute atomic E-state index is 5.70. The highest BCUT2D eigenvalue weighted by atomic mass is 79.9. The molecular weight excluding hydrogens is 374 g/mol. The second kappa shape index (κ2) is 8.63. The van der Waals surface area contributed by atoms with E-state index in [1.54, 1.807) is 0 Å². The molecule has 3 N–H and O–H groups in total. The van der Waals surface area contributed by atoms with Gasteiger partial charge in [0.2, 0.25) is 0 Å². The third-order valence-electron chi connectivity index (χ3n) is 4.66. The van der Waals surface area contributed by atoms with E-state index >= 15 is 0 Å². The van der Waals surface area contributed by atoms with E-state index in [0.29, 0.717) is 0 Å². The van der Waals surface area contributed by atoms with Crippen molar-refractivity contribution in [2.75, 3.05) is 6.54 Å². The standard InChI is InChI=1S/C21H26BrN3/c1-2-3-6-15-8-9-20-19(11-15)18(7-4-5-10-23)21(25-20)16-12-17(22)14-24-13-16/h8-9,11-14,25H,2-7,10,23H2,1H3. The zero-order valence-electron chi connectivity index (χ0n) is 14.8. The first-order chi connectivity index (χ1) is 12.2. The summed E-state index contributed by atoms with van der Waals surface area (Å²) in [5, 5.41) is 1.35. The van der Waals surface area contributed by atoms with E-state index in [9.17, 15) is 0 Å². The van der Waals surface area contributed by atoms with Crippen LogP contribution in [0.4, 0.5) is 0 Å². The van der Waals surface area contributed by atoms with E-state index in [0.717, 1.165) is 42.3 Å². The first kappa shape index (κ1) is 18.2. The van der Waals surface area contributed by atoms with Crippen molar-refractivity contribution in [2.45, 2.75) is 45.4 Å². The van der Waals surface area contributed by atoms with Gasteiger partial charge in [-0.1, -0.05) is 19.4 Å². The molecule has 132 valence electrons. The van der Waals surface area contributed by atoms with Crippen LogP contribution in [-0.4, -0.2) is 16.5 Å². The first-order valence-electron chi connectivity index (χ1n) is 9.17. The first-order valence-corrected chi connectivity index (χ1v) is 9.96. The van der Waals surface area contributed by atoms with Crippen molar-refractivity contribution in [3.05, 3.63) is 52.3 Å². The van der Waals surface area contributed by atoms with Gasteiger partial charge in [-0.15, -0.1) is 0 Å². The van der Waals surface area contributed by atoms with Crippen LogP contribution in [0, 0.1) is 0 Å². The van der Waals surface area contributed by atoms with E-state index in [4.69, 9.17) is 5.73 Å². The SMILES string of the molecule is CCCCc1ccc2[nH]c(-c3cncc(Br)c3)c(CCCCN)c2c1. The molecule has 0 amide bonds. The molecule has 2 aromatic heterocycles. The Labute approximate surface area is 158 Å². The number of fused-ring (bicyclic) bond motifs is 1. The second-order valence-electron chi connectivity index (χ2n) is 6.60. The van der Waals surface area contributed by atoms with Crippen LogP contribution < -0.4 is 5.73 Å². The van der Waals surface area contributed by atoms with Crippen LogP contribution in [0.2, 0.25) is 0 Å². The molecule has 0 saturated heterocycles. The summed E-state index contributed by atoms with van der Waals surface area (Å²) in [5.41, 5.74) is 12.0. The predicted octanol–water partition coefficient (Wildman–Crippen LogP) is 5.62. The summed E-state index contributed by atoms with van der Waals surface area (Å²) in [7, 11) is 0. The van der Waals surface area contributed by atoms with Crippen LogP contribution in [0.15, 0.2) is 41.1 Å². The smallest absolute Gasteiger partial charge is 0.0513 e. The molecule has 0 fully saturated rings. The van der Waals surface area contributed by atoms with Crippen molar-refractivity contribution in [3.8, 4) is 11.3 Å². The van der Waals surface area contributed by atoms with Gasteiger partial charge in [-0.3, -0.25) is 4.98 Å². The maximum Gasteiger partial charge on any atom is 0.0513 e. The van der Waals surface area contributed by atoms with E-state index in [1.165, 1.54) is 40.6 Å². The fourth-order valence-corrected chi connectivity index (χ4v) is 3.70. The summed E-state index contributed by atoms with van der Waals surface area (Å²) in [4.78, 5) is 7.97. The normalized spacial score (nSPS) is 11.3. The molecule has 25 heavy (non-hydrogen) atoms. The summed E-state index contributed by atoms with van der Waals surface area (Å²) in [6.45, 7) is 2.99. The zero-order chi connectivity index (χ0) is 17.6. The number of halogens is 1. The summed E-state index contributed by atoms with van der Waals surface area (Å²) in [6, 6.07) is 8.97. The lowest BCUT2D eigenvalue weighted by molar-refractivity contribution is 0.748. The summed E-state index contributed by atoms with van der Waals surface area (Å²) >= 11 is 3.54. The number of pyridine rings is 1. The van der Waals surface area contributed by atoms with Crippen LogP contribution in [0.3, 0.4) is 0 Å². The van der Waals surface area contributed by atoms with E-state index < -0.39 is 0 Å². The number of benzene rings is 1. The molecule has 3 rings (SSSR count). The Morgan fingerprint density at radius 3 is 2.72 bits per heavy atom. The van der Waals surface area contributed by atoms with Crippen molar-refractivity contribution in [1.82, 2.24) is 9.97 Å². The number of hydrogen-bond acceptors (Lipinski definition) is 2. The molecule has 0 radical (unpaired) electrons. The molecule has 0 aliphatic rings. The van der Waals surface area contributed by atoms with E-state index in [2.05, 4.69) is 57.1 Å². The van der Waals surface area contributed by atoms with E-state index in [1.807, 2.05) is 12.4 Å². The lowest BCUT2D eigenvalue weighted by atomic mass is 9.99. The second-order valence-corrected chi connectivity index (χ2v) is 7.52. The van der Waals surface area contributed by atoms with Crippen LogP contribution in [0.25, 0.3) is 22.2 Å². The monoisotopic (exact) mass is 399 g/mol. The largest absolute Gasteiger partial charge is 0.354 e. The average Bonchev–Trinajstić information content (AvgIpc) is 2.98. The number of hydrogen-bond donors (Lipinski definition) is 2. The lowest BCUT2D eigenvalue weighted by Crippen LogP contribution is -1.99. The van der Waals surface area contributed by atoms with Crippen molar-refractivity contribution in [2.24, 2.45) is 5.73 Å². The van der Waals surface area contributed by atoms with Crippen LogP contribution in [0.5, 0.6) is 0 Å². The highest BCUT2D eigenvalue weighted by Gasteiger charge is 2.14. The number of aryl methyl sites for hydroxylation is 2. The summed E-state index contributed by atoms with van der Waals surface area (Å²) < 4.78 is 1.00. The number of nitrogens with zero attached hydrogens (tertiary/aromatic N) is 1. The van der Waals surface area contributed by atoms with Gasteiger partial charge in [0, 0.05) is 33.3 Å². The number of aromatic amines is 1. The van der Waals surface area contributed by atoms with Crippen LogP contribution in [-0.2, 0) is 12.8 Å². The maximum atomic E-state index is 5.70. The quantitative estimate of drug-likeness (QED) is 0.483. The minimum atomic E-state index is 0.748. The molecule has 0 atom stereocenters. The van der Waals surface area contributed by atoms with Gasteiger partial charge in [0.1, 0.15) is 0 Å². The Hall–Kier alpha value is -1.65. The number of nitrogens with one attached hydrogen (secondary N) is 1. The highest BCUT2D eigenvalue weighted by Crippen LogP contribution is 2.33. The summed E-state index contributed by atoms with van der Waals surface area (Å²) in [6.07, 6.45) is 10.6. The molecular formula is C21H26BrN3. The molecule has 0 bridgehead atoms. The van der Waals surface area contributed by atoms with Crippen molar-refractivity contribution < 1.29 is 0 Å². The lowest BCUT2D eigenvalue weighted by Gasteiger charge is -2.06. The van der Waals surface area contributed by atoms with Gasteiger partial charge < -0.3 is 10.7 Å². The third kappa shape index (κ3) is 4.31. The number of aromatic nitrogens is 2. The summed E-state index contributed by atoms with van der Waals surface area (Å²) in [5.74, 6) is 0. The fourth-order valence-electron chi connectivity index (χ4n) is 3.33. The fraction of sp³-hybridized carbons (Fsp3) is 0.381. The zero-order valence-corrected chi connectivity index (χ0v) is 16.4. The minimum Gasteiger partial charge on any atom is -0.354 e. The number of H-pyrrole nitrogens is 1. The number of rotatable bonds is 8. The number of nitrogens with two attached hydrogens (primary N) is 1. The Morgan fingerprint density at radius 2 is 1.96 bits per heavy atom. The Bertz CT molecular complexity index is 838. The number of unbranched alkanes of at least 4 members (excludes halogenated alkanes) is 2. The van der Waals surface area contributed by atoms with Gasteiger partial charge >= 0.3 is 0 Å². The van der Waals surface area contributed by atoms with Crippen molar-refractivity contribution in [3.63, 3.8) is 0 Å². The highest BCUT2D eigenvalue weighted by molar-refractivity contribution is 9.10. The third-order valence-corrected chi connectivity index (χ3v) is 5.10. The molecule has 4 heteroatoms. The molecule has 3 nitrogen and oxygen atoms in total. The molecule has 0 unspecified atom stereocenters. The topological polar surface area (TPSA) is 54.7 Å². The van der Waals surface area contributed by atoms with Crippen molar-refractivity contribution in [1.29, 1.82) is 0 Å². The average molecular weight is 400 g/mol. The van der Waals surface area contributed by atoms with Gasteiger partial charge in [0.15, 0.2) is 0 Å². The van der Waals surface area contributed by atoms with Crippen molar-refractivity contribution >= 4 is 26.8 Å². The van der Waals surface area contributed by atoms with Gasteiger partial charge in [0.05, 0.1) is 5.69 Å². The van der Waals surface area contributed by atoms with Crippen LogP contribution in [0.1, 0.15) is 43.7 Å². The molecule has 2 heterocycles. The molecule has 0 aliphatic heterocycles. The molecule has 1 aromatic carbocycles. The van der Waals surface area contributed by atoms with Gasteiger partial charge in [-0.2, -0.15) is 0 Å². The Kier molecular flexibility index (Phi) is 6.27. The van der Waals surface area contributed by atoms with Gasteiger partial charge in [0.25, 0.3) is 0 Å². The van der Waals surface area contributed by atoms with Gasteiger partial charge in [-0.05, 0) is 83.9 Å². The molecule has 3 aromatic rings. The van der Waals surface area contributed by atoms with Gasteiger partial charge in [-0.25, -0.2) is 0 Å². The Balaban J connectivity index is 2.06. The van der Waals surface area contributed by atoms with E-state index in [-0.39, 0.29) is 0 Å². The minimum absolute atomic E-state index is 0.748.